The van der Waals surface area contributed by atoms with Crippen LogP contribution in [-0.2, 0) is 16.1 Å². The van der Waals surface area contributed by atoms with E-state index < -0.39 is 29.6 Å². The number of urea groups is 2. The summed E-state index contributed by atoms with van der Waals surface area (Å²) in [7, 11) is 0. The first-order valence-corrected chi connectivity index (χ1v) is 10.5. The largest absolute Gasteiger partial charge is 0.467 e. The minimum atomic E-state index is -0.951. The number of furan rings is 1. The quantitative estimate of drug-likeness (QED) is 0.514. The topological polar surface area (TPSA) is 133 Å². The number of hydrogen-bond acceptors (Lipinski definition) is 5. The van der Waals surface area contributed by atoms with Crippen molar-refractivity contribution in [2.24, 2.45) is 0 Å². The van der Waals surface area contributed by atoms with Crippen LogP contribution in [0.4, 0.5) is 21.0 Å². The smallest absolute Gasteiger partial charge is 0.325 e. The minimum absolute atomic E-state index is 0.259. The van der Waals surface area contributed by atoms with Gasteiger partial charge in [-0.1, -0.05) is 12.8 Å². The molecule has 1 unspecified atom stereocenters. The molecule has 0 radical (unpaired) electrons. The standard InChI is InChI=1S/C22H25N5O5/c1-14(27-19(29)22(26-21(27)31)10-2-3-11-22)18(28)24-15-6-8-16(9-7-15)25-20(30)23-13-17-5-4-12-32-17/h4-9,12,14H,2-3,10-11,13H2,1H3,(H,24,28)(H,26,31)(H2,23,25,30). The fourth-order valence-corrected chi connectivity index (χ4v) is 4.07. The highest BCUT2D eigenvalue weighted by Gasteiger charge is 2.54. The molecule has 1 spiro atoms. The number of carbonyl (C=O) groups excluding carboxylic acids is 4. The molecule has 2 fully saturated rings. The van der Waals surface area contributed by atoms with Gasteiger partial charge in [0.05, 0.1) is 12.8 Å². The average molecular weight is 439 g/mol. The second kappa shape index (κ2) is 8.74. The Kier molecular flexibility index (Phi) is 5.85. The van der Waals surface area contributed by atoms with Gasteiger partial charge in [0.2, 0.25) is 5.91 Å². The van der Waals surface area contributed by atoms with Crippen LogP contribution in [0.15, 0.2) is 47.1 Å². The van der Waals surface area contributed by atoms with Crippen LogP contribution in [0, 0.1) is 0 Å². The highest BCUT2D eigenvalue weighted by molar-refractivity contribution is 6.11. The second-order valence-electron chi connectivity index (χ2n) is 8.02. The molecule has 0 bridgehead atoms. The van der Waals surface area contributed by atoms with Crippen molar-refractivity contribution in [2.45, 2.75) is 50.7 Å². The molecule has 10 heteroatoms. The molecule has 10 nitrogen and oxygen atoms in total. The summed E-state index contributed by atoms with van der Waals surface area (Å²) in [6, 6.07) is 8.13. The van der Waals surface area contributed by atoms with Crippen LogP contribution in [0.25, 0.3) is 0 Å². The van der Waals surface area contributed by atoms with Gasteiger partial charge >= 0.3 is 12.1 Å². The number of rotatable bonds is 6. The fraction of sp³-hybridized carbons (Fsp3) is 0.364. The maximum Gasteiger partial charge on any atom is 0.325 e. The van der Waals surface area contributed by atoms with E-state index in [0.717, 1.165) is 17.7 Å². The molecule has 32 heavy (non-hydrogen) atoms. The summed E-state index contributed by atoms with van der Waals surface area (Å²) >= 11 is 0. The van der Waals surface area contributed by atoms with Crippen LogP contribution in [0.1, 0.15) is 38.4 Å². The Hall–Kier alpha value is -3.82. The van der Waals surface area contributed by atoms with Crippen molar-refractivity contribution in [3.05, 3.63) is 48.4 Å². The van der Waals surface area contributed by atoms with Crippen LogP contribution in [-0.4, -0.2) is 40.4 Å². The van der Waals surface area contributed by atoms with Crippen LogP contribution < -0.4 is 21.3 Å². The predicted octanol–water partition coefficient (Wildman–Crippen LogP) is 2.79. The third kappa shape index (κ3) is 4.29. The van der Waals surface area contributed by atoms with Gasteiger partial charge in [0, 0.05) is 11.4 Å². The van der Waals surface area contributed by atoms with Crippen molar-refractivity contribution in [3.8, 4) is 0 Å². The molecule has 1 saturated heterocycles. The third-order valence-corrected chi connectivity index (χ3v) is 5.83. The fourth-order valence-electron chi connectivity index (χ4n) is 4.07. The van der Waals surface area contributed by atoms with Gasteiger partial charge in [-0.2, -0.15) is 0 Å². The lowest BCUT2D eigenvalue weighted by Gasteiger charge is -2.23. The molecule has 4 rings (SSSR count). The summed E-state index contributed by atoms with van der Waals surface area (Å²) < 4.78 is 5.15. The third-order valence-electron chi connectivity index (χ3n) is 5.83. The maximum atomic E-state index is 12.8. The molecule has 1 aromatic carbocycles. The van der Waals surface area contributed by atoms with Crippen molar-refractivity contribution in [1.82, 2.24) is 15.5 Å². The lowest BCUT2D eigenvalue weighted by molar-refractivity contribution is -0.136. The van der Waals surface area contributed by atoms with Gasteiger partial charge in [0.25, 0.3) is 5.91 Å². The van der Waals surface area contributed by atoms with E-state index >= 15 is 0 Å². The number of amides is 6. The van der Waals surface area contributed by atoms with E-state index in [1.807, 2.05) is 0 Å². The summed E-state index contributed by atoms with van der Waals surface area (Å²) in [5.74, 6) is -0.167. The summed E-state index contributed by atoms with van der Waals surface area (Å²) in [6.45, 7) is 1.79. The molecule has 1 atom stereocenters. The van der Waals surface area contributed by atoms with E-state index in [9.17, 15) is 19.2 Å². The number of carbonyl (C=O) groups is 4. The van der Waals surface area contributed by atoms with E-state index in [-0.39, 0.29) is 12.5 Å². The van der Waals surface area contributed by atoms with Gasteiger partial charge in [-0.3, -0.25) is 9.59 Å². The van der Waals surface area contributed by atoms with Gasteiger partial charge in [0.1, 0.15) is 17.3 Å². The van der Waals surface area contributed by atoms with Crippen LogP contribution in [0.5, 0.6) is 0 Å². The zero-order chi connectivity index (χ0) is 22.7. The van der Waals surface area contributed by atoms with Crippen LogP contribution in [0.2, 0.25) is 0 Å². The van der Waals surface area contributed by atoms with Crippen molar-refractivity contribution in [3.63, 3.8) is 0 Å². The zero-order valence-electron chi connectivity index (χ0n) is 17.6. The molecule has 1 saturated carbocycles. The van der Waals surface area contributed by atoms with E-state index in [2.05, 4.69) is 21.3 Å². The Balaban J connectivity index is 1.31. The van der Waals surface area contributed by atoms with Crippen molar-refractivity contribution < 1.29 is 23.6 Å². The average Bonchev–Trinajstić information content (AvgIpc) is 3.50. The molecule has 2 heterocycles. The normalized spacial score (nSPS) is 17.8. The first-order valence-electron chi connectivity index (χ1n) is 10.5. The number of nitrogens with one attached hydrogen (secondary N) is 4. The molecular formula is C22H25N5O5. The van der Waals surface area contributed by atoms with Gasteiger partial charge < -0.3 is 25.7 Å². The lowest BCUT2D eigenvalue weighted by Crippen LogP contribution is -2.48. The molecule has 2 aromatic rings. The number of imide groups is 1. The SMILES string of the molecule is CC(C(=O)Nc1ccc(NC(=O)NCc2ccco2)cc1)N1C(=O)NC2(CCCC2)C1=O. The highest BCUT2D eigenvalue weighted by Crippen LogP contribution is 2.35. The summed E-state index contributed by atoms with van der Waals surface area (Å²) in [5, 5.41) is 10.8. The summed E-state index contributed by atoms with van der Waals surface area (Å²) in [6.07, 6.45) is 4.49. The first kappa shape index (κ1) is 21.4. The number of nitrogens with zero attached hydrogens (tertiary/aromatic N) is 1. The minimum Gasteiger partial charge on any atom is -0.467 e. The lowest BCUT2D eigenvalue weighted by atomic mass is 9.97. The highest BCUT2D eigenvalue weighted by atomic mass is 16.3. The zero-order valence-corrected chi connectivity index (χ0v) is 17.6. The molecule has 168 valence electrons. The Morgan fingerprint density at radius 3 is 2.38 bits per heavy atom. The van der Waals surface area contributed by atoms with E-state index in [0.29, 0.717) is 30.0 Å². The Morgan fingerprint density at radius 2 is 1.75 bits per heavy atom. The van der Waals surface area contributed by atoms with Crippen molar-refractivity contribution >= 4 is 35.3 Å². The van der Waals surface area contributed by atoms with Crippen LogP contribution >= 0.6 is 0 Å². The molecule has 1 aliphatic carbocycles. The van der Waals surface area contributed by atoms with Crippen molar-refractivity contribution in [1.29, 1.82) is 0 Å². The summed E-state index contributed by atoms with van der Waals surface area (Å²) in [4.78, 5) is 50.9. The molecular weight excluding hydrogens is 414 g/mol. The van der Waals surface area contributed by atoms with E-state index in [4.69, 9.17) is 4.42 Å². The molecule has 4 N–H and O–H groups in total. The van der Waals surface area contributed by atoms with Gasteiger partial charge in [-0.15, -0.1) is 0 Å². The molecule has 1 aliphatic heterocycles. The Morgan fingerprint density at radius 1 is 1.09 bits per heavy atom. The van der Waals surface area contributed by atoms with Crippen LogP contribution in [0.3, 0.4) is 0 Å². The summed E-state index contributed by atoms with van der Waals surface area (Å²) in [5.41, 5.74) is 0.160. The molecule has 1 aromatic heterocycles. The van der Waals surface area contributed by atoms with E-state index in [1.165, 1.54) is 13.2 Å². The second-order valence-corrected chi connectivity index (χ2v) is 8.02. The Bertz CT molecular complexity index is 1010. The number of benzene rings is 1. The monoisotopic (exact) mass is 439 g/mol. The van der Waals surface area contributed by atoms with E-state index in [1.54, 1.807) is 36.4 Å². The predicted molar refractivity (Wildman–Crippen MR) is 116 cm³/mol. The van der Waals surface area contributed by atoms with Gasteiger partial charge in [0.15, 0.2) is 0 Å². The Labute approximate surface area is 184 Å². The first-order chi connectivity index (χ1) is 15.4. The van der Waals surface area contributed by atoms with Gasteiger partial charge in [-0.05, 0) is 56.2 Å². The van der Waals surface area contributed by atoms with Crippen molar-refractivity contribution in [2.75, 3.05) is 10.6 Å². The number of anilines is 2. The molecule has 2 aliphatic rings. The number of hydrogen-bond donors (Lipinski definition) is 4. The maximum absolute atomic E-state index is 12.8. The molecule has 6 amide bonds. The van der Waals surface area contributed by atoms with Gasteiger partial charge in [-0.25, -0.2) is 14.5 Å².